The van der Waals surface area contributed by atoms with E-state index in [2.05, 4.69) is 10.6 Å². The molecular formula is C20H29N3O3. The van der Waals surface area contributed by atoms with E-state index in [1.165, 1.54) is 0 Å². The number of urea groups is 1. The summed E-state index contributed by atoms with van der Waals surface area (Å²) < 4.78 is 0. The molecule has 0 bridgehead atoms. The number of nitrogens with zero attached hydrogens (tertiary/aromatic N) is 1. The minimum absolute atomic E-state index is 0.0147. The minimum Gasteiger partial charge on any atom is -0.388 e. The zero-order chi connectivity index (χ0) is 18.9. The molecule has 1 aromatic carbocycles. The summed E-state index contributed by atoms with van der Waals surface area (Å²) in [7, 11) is 0. The van der Waals surface area contributed by atoms with Gasteiger partial charge in [0.15, 0.2) is 0 Å². The number of rotatable bonds is 4. The molecule has 0 spiro atoms. The highest BCUT2D eigenvalue weighted by atomic mass is 16.3. The van der Waals surface area contributed by atoms with Crippen LogP contribution in [-0.2, 0) is 4.79 Å². The molecule has 6 nitrogen and oxygen atoms in total. The molecule has 1 heterocycles. The van der Waals surface area contributed by atoms with Crippen molar-refractivity contribution in [3.63, 3.8) is 0 Å². The molecule has 142 valence electrons. The van der Waals surface area contributed by atoms with Crippen molar-refractivity contribution in [3.05, 3.63) is 35.9 Å². The first kappa shape index (κ1) is 18.7. The number of hydrogen-bond acceptors (Lipinski definition) is 3. The molecule has 1 aromatic rings. The average Bonchev–Trinajstić information content (AvgIpc) is 3.41. The van der Waals surface area contributed by atoms with E-state index >= 15 is 0 Å². The van der Waals surface area contributed by atoms with Crippen molar-refractivity contribution in [2.75, 3.05) is 6.54 Å². The van der Waals surface area contributed by atoms with Gasteiger partial charge < -0.3 is 20.6 Å². The highest BCUT2D eigenvalue weighted by molar-refractivity contribution is 5.82. The lowest BCUT2D eigenvalue weighted by molar-refractivity contribution is -0.128. The first-order valence-electron chi connectivity index (χ1n) is 9.44. The first-order chi connectivity index (χ1) is 12.3. The Bertz CT molecular complexity index is 656. The van der Waals surface area contributed by atoms with Crippen molar-refractivity contribution in [1.82, 2.24) is 15.5 Å². The van der Waals surface area contributed by atoms with Crippen LogP contribution in [0.3, 0.4) is 0 Å². The third kappa shape index (κ3) is 4.01. The maximum atomic E-state index is 12.8. The highest BCUT2D eigenvalue weighted by Gasteiger charge is 2.48. The summed E-state index contributed by atoms with van der Waals surface area (Å²) in [6, 6.07) is 8.51. The van der Waals surface area contributed by atoms with E-state index in [1.54, 1.807) is 11.8 Å². The summed E-state index contributed by atoms with van der Waals surface area (Å²) in [4.78, 5) is 27.0. The predicted octanol–water partition coefficient (Wildman–Crippen LogP) is 2.20. The number of likely N-dealkylation sites (tertiary alicyclic amines) is 1. The summed E-state index contributed by atoms with van der Waals surface area (Å²) in [5, 5.41) is 17.0. The van der Waals surface area contributed by atoms with Crippen LogP contribution >= 0.6 is 0 Å². The number of amides is 3. The molecule has 0 unspecified atom stereocenters. The molecule has 3 N–H and O–H groups in total. The largest absolute Gasteiger partial charge is 0.388 e. The molecule has 1 aliphatic heterocycles. The first-order valence-corrected chi connectivity index (χ1v) is 9.44. The van der Waals surface area contributed by atoms with Crippen LogP contribution in [-0.4, -0.2) is 46.2 Å². The fraction of sp³-hybridized carbons (Fsp3) is 0.600. The summed E-state index contributed by atoms with van der Waals surface area (Å²) in [5.74, 6) is 0.0180. The number of aliphatic hydroxyl groups is 1. The van der Waals surface area contributed by atoms with Crippen LogP contribution < -0.4 is 10.6 Å². The van der Waals surface area contributed by atoms with Crippen molar-refractivity contribution in [1.29, 1.82) is 0 Å². The molecule has 1 aliphatic carbocycles. The number of benzene rings is 1. The lowest BCUT2D eigenvalue weighted by Gasteiger charge is -2.49. The number of hydrogen-bond donors (Lipinski definition) is 3. The SMILES string of the molecule is CC(C)NC(=O)N1CC[C@@](C)(O)[C@@H](NC(=O)C2CC2)[C@@H]1c1ccccc1. The summed E-state index contributed by atoms with van der Waals surface area (Å²) in [6.45, 7) is 6.02. The van der Waals surface area contributed by atoms with E-state index in [0.29, 0.717) is 13.0 Å². The number of nitrogens with one attached hydrogen (secondary N) is 2. The van der Waals surface area contributed by atoms with Gasteiger partial charge in [0.05, 0.1) is 17.7 Å². The predicted molar refractivity (Wildman–Crippen MR) is 99.5 cm³/mol. The van der Waals surface area contributed by atoms with Crippen LogP contribution in [0.1, 0.15) is 51.6 Å². The standard InChI is InChI=1S/C20H29N3O3/c1-13(2)21-19(25)23-12-11-20(3,26)17(22-18(24)15-9-10-15)16(23)14-7-5-4-6-8-14/h4-8,13,15-17,26H,9-12H2,1-3H3,(H,21,25)(H,22,24)/t16-,17-,20+/m0/s1. The van der Waals surface area contributed by atoms with Gasteiger partial charge in [0.2, 0.25) is 5.91 Å². The molecule has 2 aliphatic rings. The monoisotopic (exact) mass is 359 g/mol. The quantitative estimate of drug-likeness (QED) is 0.771. The Kier molecular flexibility index (Phi) is 5.23. The minimum atomic E-state index is -1.08. The van der Waals surface area contributed by atoms with E-state index in [0.717, 1.165) is 18.4 Å². The molecule has 0 radical (unpaired) electrons. The van der Waals surface area contributed by atoms with E-state index in [-0.39, 0.29) is 23.9 Å². The van der Waals surface area contributed by atoms with Crippen molar-refractivity contribution < 1.29 is 14.7 Å². The second-order valence-electron chi connectivity index (χ2n) is 8.02. The lowest BCUT2D eigenvalue weighted by atomic mass is 9.79. The molecule has 6 heteroatoms. The summed E-state index contributed by atoms with van der Waals surface area (Å²) in [5.41, 5.74) is -0.174. The summed E-state index contributed by atoms with van der Waals surface area (Å²) >= 11 is 0. The third-order valence-corrected chi connectivity index (χ3v) is 5.24. The number of carbonyl (C=O) groups excluding carboxylic acids is 2. The smallest absolute Gasteiger partial charge is 0.318 e. The van der Waals surface area contributed by atoms with Crippen LogP contribution in [0.2, 0.25) is 0 Å². The lowest BCUT2D eigenvalue weighted by Crippen LogP contribution is -2.64. The van der Waals surface area contributed by atoms with Crippen LogP contribution in [0.4, 0.5) is 4.79 Å². The van der Waals surface area contributed by atoms with Gasteiger partial charge in [-0.1, -0.05) is 30.3 Å². The fourth-order valence-electron chi connectivity index (χ4n) is 3.59. The van der Waals surface area contributed by atoms with Crippen LogP contribution in [0.25, 0.3) is 0 Å². The number of carbonyl (C=O) groups is 2. The van der Waals surface area contributed by atoms with E-state index in [1.807, 2.05) is 44.2 Å². The zero-order valence-electron chi connectivity index (χ0n) is 15.7. The third-order valence-electron chi connectivity index (χ3n) is 5.24. The van der Waals surface area contributed by atoms with Crippen molar-refractivity contribution in [3.8, 4) is 0 Å². The van der Waals surface area contributed by atoms with Gasteiger partial charge in [-0.15, -0.1) is 0 Å². The Labute approximate surface area is 155 Å². The Hall–Kier alpha value is -2.08. The van der Waals surface area contributed by atoms with E-state index in [9.17, 15) is 14.7 Å². The van der Waals surface area contributed by atoms with Gasteiger partial charge in [0.1, 0.15) is 0 Å². The molecular weight excluding hydrogens is 330 g/mol. The second kappa shape index (κ2) is 7.27. The molecule has 1 saturated heterocycles. The highest BCUT2D eigenvalue weighted by Crippen LogP contribution is 2.38. The molecule has 0 aromatic heterocycles. The Morgan fingerprint density at radius 3 is 2.46 bits per heavy atom. The van der Waals surface area contributed by atoms with Gasteiger partial charge in [-0.3, -0.25) is 4.79 Å². The topological polar surface area (TPSA) is 81.7 Å². The second-order valence-corrected chi connectivity index (χ2v) is 8.02. The van der Waals surface area contributed by atoms with Gasteiger partial charge >= 0.3 is 6.03 Å². The molecule has 26 heavy (non-hydrogen) atoms. The average molecular weight is 359 g/mol. The molecule has 3 amide bonds. The fourth-order valence-corrected chi connectivity index (χ4v) is 3.59. The normalized spacial score (nSPS) is 28.7. The van der Waals surface area contributed by atoms with Crippen molar-refractivity contribution in [2.24, 2.45) is 5.92 Å². The Balaban J connectivity index is 1.94. The van der Waals surface area contributed by atoms with Gasteiger partial charge in [-0.2, -0.15) is 0 Å². The van der Waals surface area contributed by atoms with E-state index in [4.69, 9.17) is 0 Å². The van der Waals surface area contributed by atoms with Crippen LogP contribution in [0.5, 0.6) is 0 Å². The van der Waals surface area contributed by atoms with Gasteiger partial charge in [-0.05, 0) is 45.6 Å². The maximum Gasteiger partial charge on any atom is 0.318 e. The van der Waals surface area contributed by atoms with Crippen LogP contribution in [0, 0.1) is 5.92 Å². The Morgan fingerprint density at radius 1 is 1.23 bits per heavy atom. The Morgan fingerprint density at radius 2 is 1.88 bits per heavy atom. The van der Waals surface area contributed by atoms with Crippen molar-refractivity contribution >= 4 is 11.9 Å². The van der Waals surface area contributed by atoms with Crippen molar-refractivity contribution in [2.45, 2.75) is 63.8 Å². The summed E-state index contributed by atoms with van der Waals surface area (Å²) in [6.07, 6.45) is 2.21. The van der Waals surface area contributed by atoms with Gasteiger partial charge in [-0.25, -0.2) is 4.79 Å². The molecule has 3 atom stereocenters. The zero-order valence-corrected chi connectivity index (χ0v) is 15.7. The van der Waals surface area contributed by atoms with Crippen LogP contribution in [0.15, 0.2) is 30.3 Å². The molecule has 2 fully saturated rings. The maximum absolute atomic E-state index is 12.8. The van der Waals surface area contributed by atoms with Gasteiger partial charge in [0, 0.05) is 18.5 Å². The van der Waals surface area contributed by atoms with E-state index < -0.39 is 17.7 Å². The number of piperidine rings is 1. The molecule has 1 saturated carbocycles. The molecule has 3 rings (SSSR count). The van der Waals surface area contributed by atoms with Gasteiger partial charge in [0.25, 0.3) is 0 Å².